The average Bonchev–Trinajstić information content (AvgIpc) is 3.19. The van der Waals surface area contributed by atoms with E-state index in [1.54, 1.807) is 23.1 Å². The Hall–Kier alpha value is -2.35. The van der Waals surface area contributed by atoms with Crippen LogP contribution in [-0.4, -0.2) is 48.8 Å². The normalized spacial score (nSPS) is 20.4. The molecular formula is C15H16N4O3S. The van der Waals surface area contributed by atoms with Crippen molar-refractivity contribution in [1.29, 1.82) is 0 Å². The number of nitrogens with one attached hydrogen (secondary N) is 1. The van der Waals surface area contributed by atoms with E-state index in [2.05, 4.69) is 15.4 Å². The van der Waals surface area contributed by atoms with E-state index in [0.29, 0.717) is 17.7 Å². The Labute approximate surface area is 137 Å². The molecule has 120 valence electrons. The summed E-state index contributed by atoms with van der Waals surface area (Å²) in [6.45, 7) is 1.81. The Balaban J connectivity index is 1.84. The molecule has 1 aromatic heterocycles. The molecule has 1 fully saturated rings. The highest BCUT2D eigenvalue weighted by atomic mass is 32.2. The Morgan fingerprint density at radius 2 is 2.26 bits per heavy atom. The van der Waals surface area contributed by atoms with Gasteiger partial charge in [-0.2, -0.15) is 16.9 Å². The number of aryl methyl sites for hydroxylation is 1. The summed E-state index contributed by atoms with van der Waals surface area (Å²) in [6.07, 6.45) is 3.45. The summed E-state index contributed by atoms with van der Waals surface area (Å²) >= 11 is 1.54. The average molecular weight is 332 g/mol. The second-order valence-electron chi connectivity index (χ2n) is 5.48. The Morgan fingerprint density at radius 1 is 1.43 bits per heavy atom. The molecular weight excluding hydrogens is 316 g/mol. The maximum atomic E-state index is 12.5. The predicted molar refractivity (Wildman–Crippen MR) is 85.9 cm³/mol. The van der Waals surface area contributed by atoms with Crippen molar-refractivity contribution in [2.45, 2.75) is 18.9 Å². The highest BCUT2D eigenvalue weighted by Crippen LogP contribution is 2.29. The first kappa shape index (κ1) is 15.5. The van der Waals surface area contributed by atoms with Crippen LogP contribution in [0, 0.1) is 6.92 Å². The molecule has 0 aliphatic carbocycles. The molecule has 1 amide bonds. The van der Waals surface area contributed by atoms with Gasteiger partial charge in [0.15, 0.2) is 0 Å². The molecule has 1 atom stereocenters. The van der Waals surface area contributed by atoms with Crippen molar-refractivity contribution < 1.29 is 14.7 Å². The molecule has 2 heterocycles. The largest absolute Gasteiger partial charge is 0.479 e. The smallest absolute Gasteiger partial charge is 0.330 e. The van der Waals surface area contributed by atoms with Crippen LogP contribution in [0.5, 0.6) is 0 Å². The molecule has 1 saturated heterocycles. The lowest BCUT2D eigenvalue weighted by Gasteiger charge is -2.25. The van der Waals surface area contributed by atoms with Crippen LogP contribution in [0.3, 0.4) is 0 Å². The summed E-state index contributed by atoms with van der Waals surface area (Å²) in [5, 5.41) is 16.2. The summed E-state index contributed by atoms with van der Waals surface area (Å²) < 4.78 is 1.60. The molecule has 7 nitrogen and oxygen atoms in total. The molecule has 0 spiro atoms. The lowest BCUT2D eigenvalue weighted by atomic mass is 9.97. The van der Waals surface area contributed by atoms with E-state index < -0.39 is 11.5 Å². The summed E-state index contributed by atoms with van der Waals surface area (Å²) in [5.41, 5.74) is 0.840. The third-order valence-electron chi connectivity index (χ3n) is 3.92. The zero-order valence-corrected chi connectivity index (χ0v) is 13.3. The standard InChI is InChI=1S/C15H16N4O3S/c1-10-6-11(19-9-16-8-17-19)2-3-12(10)13(20)18-15(14(21)22)4-5-23-7-15/h2-3,6,8-9H,4-5,7H2,1H3,(H,18,20)(H,21,22). The zero-order valence-electron chi connectivity index (χ0n) is 12.5. The van der Waals surface area contributed by atoms with Crippen molar-refractivity contribution in [3.05, 3.63) is 42.0 Å². The maximum Gasteiger partial charge on any atom is 0.330 e. The number of carbonyl (C=O) groups excluding carboxylic acids is 1. The fourth-order valence-electron chi connectivity index (χ4n) is 2.56. The van der Waals surface area contributed by atoms with Gasteiger partial charge in [-0.05, 0) is 42.9 Å². The second-order valence-corrected chi connectivity index (χ2v) is 6.59. The molecule has 1 aliphatic rings. The molecule has 0 saturated carbocycles. The van der Waals surface area contributed by atoms with Gasteiger partial charge in [0.05, 0.1) is 5.69 Å². The van der Waals surface area contributed by atoms with Gasteiger partial charge < -0.3 is 10.4 Å². The first-order valence-corrected chi connectivity index (χ1v) is 8.27. The number of nitrogens with zero attached hydrogens (tertiary/aromatic N) is 3. The number of amides is 1. The number of hydrogen-bond acceptors (Lipinski definition) is 5. The van der Waals surface area contributed by atoms with Crippen LogP contribution < -0.4 is 5.32 Å². The van der Waals surface area contributed by atoms with Crippen LogP contribution in [0.1, 0.15) is 22.3 Å². The van der Waals surface area contributed by atoms with Gasteiger partial charge in [0.25, 0.3) is 5.91 Å². The van der Waals surface area contributed by atoms with Crippen LogP contribution in [0.15, 0.2) is 30.9 Å². The number of aromatic nitrogens is 3. The van der Waals surface area contributed by atoms with Gasteiger partial charge in [0.2, 0.25) is 0 Å². The fourth-order valence-corrected chi connectivity index (χ4v) is 3.88. The maximum absolute atomic E-state index is 12.5. The number of carboxylic acids is 1. The molecule has 1 aromatic carbocycles. The number of rotatable bonds is 4. The predicted octanol–water partition coefficient (Wildman–Crippen LogP) is 1.27. The molecule has 23 heavy (non-hydrogen) atoms. The van der Waals surface area contributed by atoms with Crippen molar-refractivity contribution in [1.82, 2.24) is 20.1 Å². The lowest BCUT2D eigenvalue weighted by Crippen LogP contribution is -2.54. The van der Waals surface area contributed by atoms with Crippen molar-refractivity contribution in [2.24, 2.45) is 0 Å². The quantitative estimate of drug-likeness (QED) is 0.875. The van der Waals surface area contributed by atoms with Crippen LogP contribution >= 0.6 is 11.8 Å². The van der Waals surface area contributed by atoms with Crippen molar-refractivity contribution in [2.75, 3.05) is 11.5 Å². The summed E-state index contributed by atoms with van der Waals surface area (Å²) in [4.78, 5) is 27.9. The lowest BCUT2D eigenvalue weighted by molar-refractivity contribution is -0.143. The number of carbonyl (C=O) groups is 2. The highest BCUT2D eigenvalue weighted by molar-refractivity contribution is 7.99. The van der Waals surface area contributed by atoms with Gasteiger partial charge in [0, 0.05) is 11.3 Å². The first-order valence-electron chi connectivity index (χ1n) is 7.11. The highest BCUT2D eigenvalue weighted by Gasteiger charge is 2.43. The van der Waals surface area contributed by atoms with E-state index in [9.17, 15) is 14.7 Å². The van der Waals surface area contributed by atoms with Crippen molar-refractivity contribution in [3.8, 4) is 5.69 Å². The van der Waals surface area contributed by atoms with E-state index in [-0.39, 0.29) is 5.91 Å². The molecule has 3 rings (SSSR count). The van der Waals surface area contributed by atoms with E-state index in [0.717, 1.165) is 17.0 Å². The van der Waals surface area contributed by atoms with Gasteiger partial charge in [0.1, 0.15) is 18.2 Å². The zero-order chi connectivity index (χ0) is 16.4. The van der Waals surface area contributed by atoms with Crippen LogP contribution in [0.2, 0.25) is 0 Å². The first-order chi connectivity index (χ1) is 11.0. The summed E-state index contributed by atoms with van der Waals surface area (Å²) in [6, 6.07) is 5.26. The molecule has 1 aliphatic heterocycles. The van der Waals surface area contributed by atoms with E-state index in [4.69, 9.17) is 0 Å². The van der Waals surface area contributed by atoms with Gasteiger partial charge >= 0.3 is 5.97 Å². The number of aliphatic carboxylic acids is 1. The summed E-state index contributed by atoms with van der Waals surface area (Å²) in [7, 11) is 0. The second kappa shape index (κ2) is 6.04. The SMILES string of the molecule is Cc1cc(-n2cncn2)ccc1C(=O)NC1(C(=O)O)CCSC1. The van der Waals surface area contributed by atoms with E-state index >= 15 is 0 Å². The molecule has 0 bridgehead atoms. The number of benzene rings is 1. The molecule has 0 radical (unpaired) electrons. The number of thioether (sulfide) groups is 1. The Kier molecular flexibility index (Phi) is 4.08. The Bertz CT molecular complexity index is 739. The van der Waals surface area contributed by atoms with Gasteiger partial charge in [-0.25, -0.2) is 14.5 Å². The summed E-state index contributed by atoms with van der Waals surface area (Å²) in [5.74, 6) is -0.216. The van der Waals surface area contributed by atoms with Crippen molar-refractivity contribution in [3.63, 3.8) is 0 Å². The van der Waals surface area contributed by atoms with E-state index in [1.807, 2.05) is 13.0 Å². The van der Waals surface area contributed by atoms with Crippen LogP contribution in [-0.2, 0) is 4.79 Å². The third kappa shape index (κ3) is 2.94. The monoisotopic (exact) mass is 332 g/mol. The number of carboxylic acid groups (broad SMARTS) is 1. The molecule has 1 unspecified atom stereocenters. The van der Waals surface area contributed by atoms with Crippen LogP contribution in [0.25, 0.3) is 5.69 Å². The molecule has 2 aromatic rings. The fraction of sp³-hybridized carbons (Fsp3) is 0.333. The minimum Gasteiger partial charge on any atom is -0.479 e. The van der Waals surface area contributed by atoms with Crippen LogP contribution in [0.4, 0.5) is 0 Å². The van der Waals surface area contributed by atoms with E-state index in [1.165, 1.54) is 18.1 Å². The Morgan fingerprint density at radius 3 is 2.83 bits per heavy atom. The number of hydrogen-bond donors (Lipinski definition) is 2. The minimum atomic E-state index is -1.17. The topological polar surface area (TPSA) is 97.1 Å². The molecule has 2 N–H and O–H groups in total. The molecule has 8 heteroatoms. The third-order valence-corrected chi connectivity index (χ3v) is 5.11. The van der Waals surface area contributed by atoms with Gasteiger partial charge in [-0.15, -0.1) is 0 Å². The van der Waals surface area contributed by atoms with Crippen molar-refractivity contribution >= 4 is 23.6 Å². The van der Waals surface area contributed by atoms with Gasteiger partial charge in [-0.1, -0.05) is 0 Å². The van der Waals surface area contributed by atoms with Gasteiger partial charge in [-0.3, -0.25) is 4.79 Å². The minimum absolute atomic E-state index is 0.363.